The van der Waals surface area contributed by atoms with E-state index in [1.165, 1.54) is 16.7 Å². The zero-order valence-corrected chi connectivity index (χ0v) is 13.4. The van der Waals surface area contributed by atoms with E-state index in [4.69, 9.17) is 22.2 Å². The Labute approximate surface area is 131 Å². The molecule has 0 saturated heterocycles. The Morgan fingerprint density at radius 3 is 2.62 bits per heavy atom. The van der Waals surface area contributed by atoms with E-state index in [1.807, 2.05) is 18.2 Å². The average Bonchev–Trinajstić information content (AvgIpc) is 2.48. The first-order valence-corrected chi connectivity index (χ1v) is 7.28. The first-order valence-electron chi connectivity index (χ1n) is 6.91. The number of nitrogens with two attached hydrogens (primary N) is 1. The van der Waals surface area contributed by atoms with E-state index in [-0.39, 0.29) is 6.04 Å². The van der Waals surface area contributed by atoms with Gasteiger partial charge in [-0.05, 0) is 43.5 Å². The number of halogens is 1. The van der Waals surface area contributed by atoms with Crippen molar-refractivity contribution >= 4 is 11.6 Å². The molecule has 2 aromatic carbocycles. The molecule has 1 unspecified atom stereocenters. The summed E-state index contributed by atoms with van der Waals surface area (Å²) in [6.07, 6.45) is 0.794. The van der Waals surface area contributed by atoms with Gasteiger partial charge in [-0.15, -0.1) is 0 Å². The maximum absolute atomic E-state index is 6.02. The van der Waals surface area contributed by atoms with E-state index >= 15 is 0 Å². The minimum Gasteiger partial charge on any atom is -0.496 e. The summed E-state index contributed by atoms with van der Waals surface area (Å²) in [5, 5.41) is 0.651. The largest absolute Gasteiger partial charge is 0.496 e. The van der Waals surface area contributed by atoms with Crippen LogP contribution in [-0.4, -0.2) is 7.11 Å². The molecule has 4 heteroatoms. The van der Waals surface area contributed by atoms with Crippen LogP contribution in [0.2, 0.25) is 5.02 Å². The molecule has 0 aliphatic carbocycles. The summed E-state index contributed by atoms with van der Waals surface area (Å²) in [4.78, 5) is 0. The van der Waals surface area contributed by atoms with E-state index < -0.39 is 0 Å². The minimum absolute atomic E-state index is 0.0299. The van der Waals surface area contributed by atoms with Crippen molar-refractivity contribution in [3.8, 4) is 5.75 Å². The van der Waals surface area contributed by atoms with Crippen LogP contribution in [0, 0.1) is 13.8 Å². The van der Waals surface area contributed by atoms with Crippen molar-refractivity contribution < 1.29 is 4.74 Å². The van der Waals surface area contributed by atoms with Crippen molar-refractivity contribution in [2.75, 3.05) is 7.11 Å². The lowest BCUT2D eigenvalue weighted by Gasteiger charge is -2.20. The molecule has 0 spiro atoms. The van der Waals surface area contributed by atoms with Crippen LogP contribution in [0.25, 0.3) is 0 Å². The Morgan fingerprint density at radius 1 is 1.19 bits per heavy atom. The highest BCUT2D eigenvalue weighted by molar-refractivity contribution is 6.30. The minimum atomic E-state index is -0.0299. The van der Waals surface area contributed by atoms with E-state index in [0.717, 1.165) is 17.7 Å². The second-order valence-corrected chi connectivity index (χ2v) is 5.68. The molecule has 2 rings (SSSR count). The Balaban J connectivity index is 2.34. The van der Waals surface area contributed by atoms with Gasteiger partial charge in [0.25, 0.3) is 0 Å². The van der Waals surface area contributed by atoms with Crippen molar-refractivity contribution in [2.45, 2.75) is 26.3 Å². The molecular weight excluding hydrogens is 284 g/mol. The molecule has 0 amide bonds. The topological polar surface area (TPSA) is 47.3 Å². The summed E-state index contributed by atoms with van der Waals surface area (Å²) in [6.45, 7) is 4.21. The lowest BCUT2D eigenvalue weighted by molar-refractivity contribution is 0.399. The van der Waals surface area contributed by atoms with Crippen LogP contribution in [0.15, 0.2) is 36.4 Å². The number of benzene rings is 2. The standard InChI is InChI=1S/C17H21ClN2O/c1-11-4-5-12(2)13(8-11)9-16(20-19)15-7-6-14(18)10-17(15)21-3/h4-8,10,16,20H,9,19H2,1-3H3. The first-order chi connectivity index (χ1) is 10.0. The second kappa shape index (κ2) is 6.94. The van der Waals surface area contributed by atoms with Gasteiger partial charge in [0, 0.05) is 10.6 Å². The van der Waals surface area contributed by atoms with Gasteiger partial charge >= 0.3 is 0 Å². The molecule has 3 N–H and O–H groups in total. The van der Waals surface area contributed by atoms with Crippen LogP contribution in [0.4, 0.5) is 0 Å². The third kappa shape index (κ3) is 3.76. The number of hydrazine groups is 1. The summed E-state index contributed by atoms with van der Waals surface area (Å²) in [7, 11) is 1.64. The molecule has 0 aliphatic heterocycles. The van der Waals surface area contributed by atoms with Gasteiger partial charge in [0.2, 0.25) is 0 Å². The van der Waals surface area contributed by atoms with Crippen LogP contribution < -0.4 is 16.0 Å². The van der Waals surface area contributed by atoms with Crippen molar-refractivity contribution in [2.24, 2.45) is 5.84 Å². The van der Waals surface area contributed by atoms with Gasteiger partial charge in [-0.3, -0.25) is 11.3 Å². The number of hydrogen-bond donors (Lipinski definition) is 2. The lowest BCUT2D eigenvalue weighted by atomic mass is 9.95. The average molecular weight is 305 g/mol. The van der Waals surface area contributed by atoms with Gasteiger partial charge in [0.1, 0.15) is 5.75 Å². The highest BCUT2D eigenvalue weighted by Crippen LogP contribution is 2.30. The van der Waals surface area contributed by atoms with Crippen molar-refractivity contribution in [3.05, 3.63) is 63.7 Å². The third-order valence-corrected chi connectivity index (χ3v) is 3.94. The molecule has 3 nitrogen and oxygen atoms in total. The van der Waals surface area contributed by atoms with Crippen molar-refractivity contribution in [1.29, 1.82) is 0 Å². The molecular formula is C17H21ClN2O. The quantitative estimate of drug-likeness (QED) is 0.654. The smallest absolute Gasteiger partial charge is 0.125 e. The summed E-state index contributed by atoms with van der Waals surface area (Å²) < 4.78 is 5.42. The molecule has 112 valence electrons. The van der Waals surface area contributed by atoms with Crippen LogP contribution in [0.3, 0.4) is 0 Å². The maximum Gasteiger partial charge on any atom is 0.125 e. The van der Waals surface area contributed by atoms with Gasteiger partial charge in [-0.1, -0.05) is 41.4 Å². The fraction of sp³-hybridized carbons (Fsp3) is 0.294. The number of ether oxygens (including phenoxy) is 1. The van der Waals surface area contributed by atoms with Crippen LogP contribution >= 0.6 is 11.6 Å². The highest BCUT2D eigenvalue weighted by atomic mass is 35.5. The second-order valence-electron chi connectivity index (χ2n) is 5.24. The number of nitrogens with one attached hydrogen (secondary N) is 1. The van der Waals surface area contributed by atoms with E-state index in [1.54, 1.807) is 7.11 Å². The fourth-order valence-electron chi connectivity index (χ4n) is 2.47. The van der Waals surface area contributed by atoms with Crippen molar-refractivity contribution in [3.63, 3.8) is 0 Å². The SMILES string of the molecule is COc1cc(Cl)ccc1C(Cc1cc(C)ccc1C)NN. The maximum atomic E-state index is 6.02. The highest BCUT2D eigenvalue weighted by Gasteiger charge is 2.17. The van der Waals surface area contributed by atoms with Gasteiger partial charge in [-0.25, -0.2) is 0 Å². The van der Waals surface area contributed by atoms with Crippen LogP contribution in [0.5, 0.6) is 5.75 Å². The van der Waals surface area contributed by atoms with Crippen LogP contribution in [-0.2, 0) is 6.42 Å². The van der Waals surface area contributed by atoms with Crippen LogP contribution in [0.1, 0.15) is 28.3 Å². The molecule has 0 aromatic heterocycles. The third-order valence-electron chi connectivity index (χ3n) is 3.70. The molecule has 1 atom stereocenters. The Bertz CT molecular complexity index is 628. The molecule has 0 bridgehead atoms. The van der Waals surface area contributed by atoms with Gasteiger partial charge in [0.15, 0.2) is 0 Å². The number of aryl methyl sites for hydroxylation is 2. The van der Waals surface area contributed by atoms with Gasteiger partial charge in [0.05, 0.1) is 13.2 Å². The molecule has 0 radical (unpaired) electrons. The lowest BCUT2D eigenvalue weighted by Crippen LogP contribution is -2.30. The Hall–Kier alpha value is -1.55. The number of rotatable bonds is 5. The van der Waals surface area contributed by atoms with E-state index in [2.05, 4.69) is 37.5 Å². The summed E-state index contributed by atoms with van der Waals surface area (Å²) in [6, 6.07) is 12.0. The predicted molar refractivity (Wildman–Crippen MR) is 87.7 cm³/mol. The molecule has 2 aromatic rings. The van der Waals surface area contributed by atoms with Gasteiger partial charge in [-0.2, -0.15) is 0 Å². The normalized spacial score (nSPS) is 12.2. The molecule has 0 aliphatic rings. The van der Waals surface area contributed by atoms with E-state index in [9.17, 15) is 0 Å². The number of methoxy groups -OCH3 is 1. The predicted octanol–water partition coefficient (Wildman–Crippen LogP) is 3.71. The summed E-state index contributed by atoms with van der Waals surface area (Å²) in [5.74, 6) is 6.51. The van der Waals surface area contributed by atoms with Gasteiger partial charge < -0.3 is 4.74 Å². The fourth-order valence-corrected chi connectivity index (χ4v) is 2.63. The first kappa shape index (κ1) is 15.8. The molecule has 0 saturated carbocycles. The summed E-state index contributed by atoms with van der Waals surface area (Å²) >= 11 is 6.02. The zero-order chi connectivity index (χ0) is 15.4. The van der Waals surface area contributed by atoms with E-state index in [0.29, 0.717) is 5.02 Å². The zero-order valence-electron chi connectivity index (χ0n) is 12.6. The molecule has 21 heavy (non-hydrogen) atoms. The Morgan fingerprint density at radius 2 is 1.95 bits per heavy atom. The monoisotopic (exact) mass is 304 g/mol. The summed E-state index contributed by atoms with van der Waals surface area (Å²) in [5.41, 5.74) is 7.67. The molecule has 0 heterocycles. The van der Waals surface area contributed by atoms with Crippen molar-refractivity contribution in [1.82, 2.24) is 5.43 Å². The Kier molecular flexibility index (Phi) is 5.23. The number of hydrogen-bond acceptors (Lipinski definition) is 3. The molecule has 0 fully saturated rings.